The molecule has 0 amide bonds. The lowest BCUT2D eigenvalue weighted by Gasteiger charge is -2.17. The minimum Gasteiger partial charge on any atom is -0.392 e. The Bertz CT molecular complexity index is 465. The van der Waals surface area contributed by atoms with Gasteiger partial charge in [0.1, 0.15) is 0 Å². The normalized spacial score (nSPS) is 17.4. The molecule has 0 spiro atoms. The van der Waals surface area contributed by atoms with Crippen molar-refractivity contribution in [3.63, 3.8) is 0 Å². The second-order valence-electron chi connectivity index (χ2n) is 5.33. The maximum atomic E-state index is 10.3. The summed E-state index contributed by atoms with van der Waals surface area (Å²) in [6, 6.07) is 0. The van der Waals surface area contributed by atoms with Crippen molar-refractivity contribution < 1.29 is 5.11 Å². The molecule has 0 aliphatic heterocycles. The quantitative estimate of drug-likeness (QED) is 0.837. The number of aromatic nitrogens is 2. The Hall–Kier alpha value is -0.800. The van der Waals surface area contributed by atoms with Crippen LogP contribution in [0.25, 0.3) is 0 Å². The molecule has 4 heteroatoms. The van der Waals surface area contributed by atoms with Gasteiger partial charge in [-0.05, 0) is 46.0 Å². The third-order valence-corrected chi connectivity index (χ3v) is 4.26. The van der Waals surface area contributed by atoms with E-state index < -0.39 is 0 Å². The van der Waals surface area contributed by atoms with Gasteiger partial charge < -0.3 is 5.11 Å². The summed E-state index contributed by atoms with van der Waals surface area (Å²) in [5.74, 6) is 0. The molecule has 2 rings (SSSR count). The van der Waals surface area contributed by atoms with E-state index in [0.29, 0.717) is 11.4 Å². The predicted octanol–water partition coefficient (Wildman–Crippen LogP) is 3.66. The topological polar surface area (TPSA) is 38.0 Å². The van der Waals surface area contributed by atoms with Crippen molar-refractivity contribution in [1.29, 1.82) is 0 Å². The molecule has 1 aromatic rings. The zero-order valence-corrected chi connectivity index (χ0v) is 12.6. The third kappa shape index (κ3) is 3.61. The van der Waals surface area contributed by atoms with Gasteiger partial charge in [-0.2, -0.15) is 5.10 Å². The Balaban J connectivity index is 2.02. The van der Waals surface area contributed by atoms with Gasteiger partial charge in [-0.1, -0.05) is 23.3 Å². The first-order chi connectivity index (χ1) is 9.11. The molecule has 106 valence electrons. The molecule has 1 aliphatic rings. The minimum absolute atomic E-state index is 0.358. The fourth-order valence-corrected chi connectivity index (χ4v) is 2.96. The van der Waals surface area contributed by atoms with E-state index in [1.54, 1.807) is 0 Å². The number of aryl methyl sites for hydroxylation is 2. The van der Waals surface area contributed by atoms with Crippen molar-refractivity contribution in [2.75, 3.05) is 0 Å². The SMILES string of the molecule is CCn1nc(C)c(Cl)c1CC(O)CC1=CCCCC1. The molecule has 0 saturated carbocycles. The molecule has 1 N–H and O–H groups in total. The van der Waals surface area contributed by atoms with E-state index in [2.05, 4.69) is 11.2 Å². The average Bonchev–Trinajstić information content (AvgIpc) is 2.67. The molecule has 3 nitrogen and oxygen atoms in total. The number of aliphatic hydroxyl groups excluding tert-OH is 1. The van der Waals surface area contributed by atoms with Crippen LogP contribution in [0.15, 0.2) is 11.6 Å². The van der Waals surface area contributed by atoms with Crippen molar-refractivity contribution in [1.82, 2.24) is 9.78 Å². The lowest BCUT2D eigenvalue weighted by Crippen LogP contribution is -2.16. The van der Waals surface area contributed by atoms with Gasteiger partial charge in [0, 0.05) is 13.0 Å². The van der Waals surface area contributed by atoms with Gasteiger partial charge in [-0.3, -0.25) is 4.68 Å². The van der Waals surface area contributed by atoms with E-state index in [9.17, 15) is 5.11 Å². The monoisotopic (exact) mass is 282 g/mol. The van der Waals surface area contributed by atoms with E-state index in [0.717, 1.165) is 37.2 Å². The van der Waals surface area contributed by atoms with Crippen molar-refractivity contribution in [2.45, 2.75) is 65.0 Å². The zero-order chi connectivity index (χ0) is 13.8. The summed E-state index contributed by atoms with van der Waals surface area (Å²) in [6.45, 7) is 4.74. The van der Waals surface area contributed by atoms with Gasteiger partial charge >= 0.3 is 0 Å². The van der Waals surface area contributed by atoms with Crippen LogP contribution in [0.2, 0.25) is 5.02 Å². The molecule has 1 unspecified atom stereocenters. The molecule has 0 radical (unpaired) electrons. The fourth-order valence-electron chi connectivity index (χ4n) is 2.75. The van der Waals surface area contributed by atoms with Gasteiger partial charge in [0.15, 0.2) is 0 Å². The summed E-state index contributed by atoms with van der Waals surface area (Å²) < 4.78 is 1.90. The number of nitrogens with zero attached hydrogens (tertiary/aromatic N) is 2. The number of allylic oxidation sites excluding steroid dienone is 1. The molecular weight excluding hydrogens is 260 g/mol. The Kier molecular flexibility index (Phi) is 5.06. The Labute approximate surface area is 120 Å². The second-order valence-corrected chi connectivity index (χ2v) is 5.71. The van der Waals surface area contributed by atoms with Crippen LogP contribution in [0.4, 0.5) is 0 Å². The maximum absolute atomic E-state index is 10.3. The number of hydrogen-bond acceptors (Lipinski definition) is 2. The van der Waals surface area contributed by atoms with Crippen LogP contribution in [0.3, 0.4) is 0 Å². The average molecular weight is 283 g/mol. The van der Waals surface area contributed by atoms with Crippen LogP contribution < -0.4 is 0 Å². The largest absolute Gasteiger partial charge is 0.392 e. The number of aliphatic hydroxyl groups is 1. The molecule has 0 fully saturated rings. The minimum atomic E-state index is -0.358. The first-order valence-corrected chi connectivity index (χ1v) is 7.57. The molecule has 1 aliphatic carbocycles. The highest BCUT2D eigenvalue weighted by atomic mass is 35.5. The lowest BCUT2D eigenvalue weighted by atomic mass is 9.94. The Morgan fingerprint density at radius 1 is 1.42 bits per heavy atom. The summed E-state index contributed by atoms with van der Waals surface area (Å²) in [5.41, 5.74) is 3.21. The summed E-state index contributed by atoms with van der Waals surface area (Å²) in [5, 5.41) is 15.4. The molecule has 0 saturated heterocycles. The maximum Gasteiger partial charge on any atom is 0.0848 e. The number of rotatable bonds is 5. The Morgan fingerprint density at radius 2 is 2.21 bits per heavy atom. The molecule has 19 heavy (non-hydrogen) atoms. The van der Waals surface area contributed by atoms with Crippen LogP contribution in [-0.4, -0.2) is 21.0 Å². The van der Waals surface area contributed by atoms with Gasteiger partial charge in [0.2, 0.25) is 0 Å². The number of halogens is 1. The van der Waals surface area contributed by atoms with E-state index >= 15 is 0 Å². The molecule has 0 bridgehead atoms. The van der Waals surface area contributed by atoms with E-state index in [-0.39, 0.29) is 6.10 Å². The summed E-state index contributed by atoms with van der Waals surface area (Å²) >= 11 is 6.27. The molecule has 1 atom stereocenters. The molecule has 1 heterocycles. The van der Waals surface area contributed by atoms with Crippen LogP contribution >= 0.6 is 11.6 Å². The predicted molar refractivity (Wildman–Crippen MR) is 78.5 cm³/mol. The van der Waals surface area contributed by atoms with Crippen LogP contribution in [0.1, 0.15) is 50.4 Å². The van der Waals surface area contributed by atoms with Crippen molar-refractivity contribution in [2.24, 2.45) is 0 Å². The smallest absolute Gasteiger partial charge is 0.0848 e. The molecule has 1 aromatic heterocycles. The van der Waals surface area contributed by atoms with E-state index in [1.807, 2.05) is 18.5 Å². The highest BCUT2D eigenvalue weighted by Crippen LogP contribution is 2.25. The van der Waals surface area contributed by atoms with Gasteiger partial charge in [-0.25, -0.2) is 0 Å². The first-order valence-electron chi connectivity index (χ1n) is 7.19. The van der Waals surface area contributed by atoms with E-state index in [4.69, 9.17) is 11.6 Å². The van der Waals surface area contributed by atoms with E-state index in [1.165, 1.54) is 18.4 Å². The van der Waals surface area contributed by atoms with Gasteiger partial charge in [0.25, 0.3) is 0 Å². The van der Waals surface area contributed by atoms with Crippen molar-refractivity contribution in [3.05, 3.63) is 28.1 Å². The second kappa shape index (κ2) is 6.58. The third-order valence-electron chi connectivity index (χ3n) is 3.76. The standard InChI is InChI=1S/C15H23ClN2O/c1-3-18-14(15(16)11(2)17-18)10-13(19)9-12-7-5-4-6-8-12/h7,13,19H,3-6,8-10H2,1-2H3. The molecule has 0 aromatic carbocycles. The summed E-state index contributed by atoms with van der Waals surface area (Å²) in [7, 11) is 0. The van der Waals surface area contributed by atoms with Gasteiger partial charge in [-0.15, -0.1) is 0 Å². The molecular formula is C15H23ClN2O. The van der Waals surface area contributed by atoms with Crippen LogP contribution in [-0.2, 0) is 13.0 Å². The van der Waals surface area contributed by atoms with Crippen LogP contribution in [0, 0.1) is 6.92 Å². The fraction of sp³-hybridized carbons (Fsp3) is 0.667. The summed E-state index contributed by atoms with van der Waals surface area (Å²) in [6.07, 6.45) is 8.12. The number of hydrogen-bond donors (Lipinski definition) is 1. The lowest BCUT2D eigenvalue weighted by molar-refractivity contribution is 0.170. The highest BCUT2D eigenvalue weighted by Gasteiger charge is 2.17. The van der Waals surface area contributed by atoms with Crippen molar-refractivity contribution in [3.8, 4) is 0 Å². The summed E-state index contributed by atoms with van der Waals surface area (Å²) in [4.78, 5) is 0. The zero-order valence-electron chi connectivity index (χ0n) is 11.8. The highest BCUT2D eigenvalue weighted by molar-refractivity contribution is 6.31. The first kappa shape index (κ1) is 14.6. The van der Waals surface area contributed by atoms with Crippen molar-refractivity contribution >= 4 is 11.6 Å². The van der Waals surface area contributed by atoms with Gasteiger partial charge in [0.05, 0.1) is 22.5 Å². The van der Waals surface area contributed by atoms with Crippen LogP contribution in [0.5, 0.6) is 0 Å². The Morgan fingerprint density at radius 3 is 2.84 bits per heavy atom.